The van der Waals surface area contributed by atoms with Crippen molar-refractivity contribution in [2.75, 3.05) is 0 Å². The molecule has 0 aromatic heterocycles. The zero-order valence-corrected chi connectivity index (χ0v) is 14.6. The Hall–Kier alpha value is -0.790. The fourth-order valence-corrected chi connectivity index (χ4v) is 2.53. The minimum absolute atomic E-state index is 0.289. The van der Waals surface area contributed by atoms with E-state index >= 15 is 0 Å². The highest BCUT2D eigenvalue weighted by atomic mass is 16.1. The Labute approximate surface area is 132 Å². The molecule has 2 nitrogen and oxygen atoms in total. The Bertz CT molecular complexity index is 281. The van der Waals surface area contributed by atoms with Gasteiger partial charge in [0, 0.05) is 5.57 Å². The topological polar surface area (TPSA) is 43.1 Å². The zero-order valence-electron chi connectivity index (χ0n) is 14.6. The fraction of sp³-hybridized carbons (Fsp3) is 0.842. The van der Waals surface area contributed by atoms with Gasteiger partial charge in [-0.2, -0.15) is 0 Å². The predicted octanol–water partition coefficient (Wildman–Crippen LogP) is 5.76. The van der Waals surface area contributed by atoms with Crippen LogP contribution in [0.15, 0.2) is 11.6 Å². The molecule has 0 aromatic rings. The lowest BCUT2D eigenvalue weighted by Crippen LogP contribution is -2.11. The number of hydrogen-bond donors (Lipinski definition) is 1. The molecule has 2 N–H and O–H groups in total. The van der Waals surface area contributed by atoms with Crippen molar-refractivity contribution < 1.29 is 4.79 Å². The van der Waals surface area contributed by atoms with Gasteiger partial charge >= 0.3 is 0 Å². The summed E-state index contributed by atoms with van der Waals surface area (Å²) in [6.45, 7) is 6.42. The van der Waals surface area contributed by atoms with Crippen molar-refractivity contribution in [3.63, 3.8) is 0 Å². The summed E-state index contributed by atoms with van der Waals surface area (Å²) >= 11 is 0. The fourth-order valence-electron chi connectivity index (χ4n) is 2.53. The average molecular weight is 296 g/mol. The summed E-state index contributed by atoms with van der Waals surface area (Å²) in [7, 11) is 0. The summed E-state index contributed by atoms with van der Waals surface area (Å²) in [5, 5.41) is 0. The second-order valence-corrected chi connectivity index (χ2v) is 6.76. The van der Waals surface area contributed by atoms with Gasteiger partial charge in [-0.1, -0.05) is 84.1 Å². The monoisotopic (exact) mass is 295 g/mol. The number of unbranched alkanes of at least 4 members (excludes halogenated alkanes) is 10. The lowest BCUT2D eigenvalue weighted by atomic mass is 10.0. The zero-order chi connectivity index (χ0) is 15.9. The molecule has 0 spiro atoms. The average Bonchev–Trinajstić information content (AvgIpc) is 2.43. The van der Waals surface area contributed by atoms with Crippen LogP contribution in [0.4, 0.5) is 0 Å². The van der Waals surface area contributed by atoms with Gasteiger partial charge in [-0.25, -0.2) is 0 Å². The number of amides is 1. The number of carbonyl (C=O) groups excluding carboxylic acids is 1. The van der Waals surface area contributed by atoms with Crippen molar-refractivity contribution in [2.45, 2.75) is 97.8 Å². The molecular weight excluding hydrogens is 258 g/mol. The summed E-state index contributed by atoms with van der Waals surface area (Å²) < 4.78 is 0. The molecule has 0 aromatic carbocycles. The largest absolute Gasteiger partial charge is 0.366 e. The number of rotatable bonds is 14. The van der Waals surface area contributed by atoms with E-state index in [4.69, 9.17) is 5.73 Å². The molecule has 0 rings (SSSR count). The number of allylic oxidation sites excluding steroid dienone is 1. The second-order valence-electron chi connectivity index (χ2n) is 6.76. The van der Waals surface area contributed by atoms with Crippen LogP contribution in [0.3, 0.4) is 0 Å². The first-order valence-corrected chi connectivity index (χ1v) is 9.00. The molecule has 0 unspecified atom stereocenters. The summed E-state index contributed by atoms with van der Waals surface area (Å²) in [6.07, 6.45) is 18.0. The molecule has 0 bridgehead atoms. The number of hydrogen-bond acceptors (Lipinski definition) is 1. The van der Waals surface area contributed by atoms with Crippen molar-refractivity contribution in [1.29, 1.82) is 0 Å². The third kappa shape index (κ3) is 15.4. The third-order valence-electron chi connectivity index (χ3n) is 4.07. The van der Waals surface area contributed by atoms with E-state index in [1.54, 1.807) is 6.92 Å². The maximum absolute atomic E-state index is 10.8. The van der Waals surface area contributed by atoms with Gasteiger partial charge in [-0.05, 0) is 25.7 Å². The summed E-state index contributed by atoms with van der Waals surface area (Å²) in [5.74, 6) is 0.579. The smallest absolute Gasteiger partial charge is 0.244 e. The van der Waals surface area contributed by atoms with Crippen LogP contribution in [0.2, 0.25) is 0 Å². The molecular formula is C19H37NO. The molecule has 0 radical (unpaired) electrons. The Morgan fingerprint density at radius 2 is 1.29 bits per heavy atom. The van der Waals surface area contributed by atoms with Crippen molar-refractivity contribution in [1.82, 2.24) is 0 Å². The molecule has 0 saturated heterocycles. The van der Waals surface area contributed by atoms with Crippen molar-refractivity contribution in [2.24, 2.45) is 11.7 Å². The molecule has 0 saturated carbocycles. The standard InChI is InChI=1S/C19H37NO/c1-17(2)15-13-11-9-7-5-4-6-8-10-12-14-16-18(3)19(20)21/h16-17H,4-15H2,1-3H3,(H2,20,21)/b18-16+. The van der Waals surface area contributed by atoms with Gasteiger partial charge in [0.15, 0.2) is 0 Å². The van der Waals surface area contributed by atoms with Crippen LogP contribution >= 0.6 is 0 Å². The van der Waals surface area contributed by atoms with E-state index in [0.29, 0.717) is 5.57 Å². The van der Waals surface area contributed by atoms with E-state index < -0.39 is 0 Å². The minimum atomic E-state index is -0.289. The van der Waals surface area contributed by atoms with E-state index in [-0.39, 0.29) is 5.91 Å². The molecule has 1 amide bonds. The first-order valence-electron chi connectivity index (χ1n) is 9.00. The quantitative estimate of drug-likeness (QED) is 0.321. The molecule has 0 aliphatic heterocycles. The lowest BCUT2D eigenvalue weighted by molar-refractivity contribution is -0.114. The van der Waals surface area contributed by atoms with Crippen LogP contribution in [-0.4, -0.2) is 5.91 Å². The number of nitrogens with two attached hydrogens (primary N) is 1. The van der Waals surface area contributed by atoms with Crippen molar-refractivity contribution in [3.8, 4) is 0 Å². The van der Waals surface area contributed by atoms with Gasteiger partial charge in [-0.15, -0.1) is 0 Å². The van der Waals surface area contributed by atoms with E-state index in [1.165, 1.54) is 70.6 Å². The Morgan fingerprint density at radius 3 is 1.71 bits per heavy atom. The van der Waals surface area contributed by atoms with Gasteiger partial charge in [0.2, 0.25) is 5.91 Å². The normalized spacial score (nSPS) is 12.1. The van der Waals surface area contributed by atoms with Crippen LogP contribution in [-0.2, 0) is 4.79 Å². The number of primary amides is 1. The van der Waals surface area contributed by atoms with E-state index in [2.05, 4.69) is 13.8 Å². The Balaban J connectivity index is 3.16. The van der Waals surface area contributed by atoms with Gasteiger partial charge < -0.3 is 5.73 Å². The first-order chi connectivity index (χ1) is 10.0. The maximum atomic E-state index is 10.8. The summed E-state index contributed by atoms with van der Waals surface area (Å²) in [5.41, 5.74) is 5.88. The van der Waals surface area contributed by atoms with Crippen LogP contribution in [0.1, 0.15) is 97.8 Å². The highest BCUT2D eigenvalue weighted by Crippen LogP contribution is 2.14. The Kier molecular flexibility index (Phi) is 13.6. The van der Waals surface area contributed by atoms with Gasteiger partial charge in [0.05, 0.1) is 0 Å². The molecule has 0 atom stereocenters. The van der Waals surface area contributed by atoms with Crippen molar-refractivity contribution >= 4 is 5.91 Å². The number of carbonyl (C=O) groups is 1. The predicted molar refractivity (Wildman–Crippen MR) is 93.2 cm³/mol. The Morgan fingerprint density at radius 1 is 0.857 bits per heavy atom. The third-order valence-corrected chi connectivity index (χ3v) is 4.07. The van der Waals surface area contributed by atoms with E-state index in [0.717, 1.165) is 12.3 Å². The van der Waals surface area contributed by atoms with Crippen LogP contribution < -0.4 is 5.73 Å². The molecule has 124 valence electrons. The van der Waals surface area contributed by atoms with E-state index in [1.807, 2.05) is 6.08 Å². The molecule has 0 aliphatic rings. The van der Waals surface area contributed by atoms with Crippen LogP contribution in [0.5, 0.6) is 0 Å². The van der Waals surface area contributed by atoms with Gasteiger partial charge in [-0.3, -0.25) is 4.79 Å². The van der Waals surface area contributed by atoms with E-state index in [9.17, 15) is 4.79 Å². The highest BCUT2D eigenvalue weighted by Gasteiger charge is 1.97. The summed E-state index contributed by atoms with van der Waals surface area (Å²) in [4.78, 5) is 10.8. The van der Waals surface area contributed by atoms with Gasteiger partial charge in [0.1, 0.15) is 0 Å². The lowest BCUT2D eigenvalue weighted by Gasteiger charge is -2.04. The molecule has 21 heavy (non-hydrogen) atoms. The minimum Gasteiger partial charge on any atom is -0.366 e. The molecule has 2 heteroatoms. The molecule has 0 fully saturated rings. The highest BCUT2D eigenvalue weighted by molar-refractivity contribution is 5.91. The van der Waals surface area contributed by atoms with Crippen LogP contribution in [0, 0.1) is 5.92 Å². The molecule has 0 aliphatic carbocycles. The van der Waals surface area contributed by atoms with Gasteiger partial charge in [0.25, 0.3) is 0 Å². The SMILES string of the molecule is C/C(=C\CCCCCCCCCCCCC(C)C)C(N)=O. The molecule has 0 heterocycles. The maximum Gasteiger partial charge on any atom is 0.244 e. The first kappa shape index (κ1) is 20.2. The second kappa shape index (κ2) is 14.2. The van der Waals surface area contributed by atoms with Crippen molar-refractivity contribution in [3.05, 3.63) is 11.6 Å². The van der Waals surface area contributed by atoms with Crippen LogP contribution in [0.25, 0.3) is 0 Å². The summed E-state index contributed by atoms with van der Waals surface area (Å²) in [6, 6.07) is 0.